The van der Waals surface area contributed by atoms with Crippen molar-refractivity contribution in [3.63, 3.8) is 0 Å². The van der Waals surface area contributed by atoms with Crippen LogP contribution >= 0.6 is 0 Å². The molecule has 160 valence electrons. The Hall–Kier alpha value is -3.02. The average Bonchev–Trinajstić information content (AvgIpc) is 3.03. The summed E-state index contributed by atoms with van der Waals surface area (Å²) >= 11 is 0. The quantitative estimate of drug-likeness (QED) is 0.652. The number of aryl methyl sites for hydroxylation is 1. The summed E-state index contributed by atoms with van der Waals surface area (Å²) in [5.74, 6) is -0.408. The zero-order valence-electron chi connectivity index (χ0n) is 16.3. The van der Waals surface area contributed by atoms with E-state index in [1.165, 1.54) is 30.7 Å². The predicted octanol–water partition coefficient (Wildman–Crippen LogP) is 3.19. The number of fused-ring (bicyclic) bond motifs is 1. The number of hydrogen-bond acceptors (Lipinski definition) is 6. The highest BCUT2D eigenvalue weighted by atomic mass is 32.2. The van der Waals surface area contributed by atoms with E-state index < -0.39 is 21.7 Å². The van der Waals surface area contributed by atoms with E-state index >= 15 is 0 Å². The van der Waals surface area contributed by atoms with E-state index in [4.69, 9.17) is 0 Å². The second kappa shape index (κ2) is 7.67. The first-order valence-corrected chi connectivity index (χ1v) is 10.6. The molecule has 30 heavy (non-hydrogen) atoms. The van der Waals surface area contributed by atoms with Crippen molar-refractivity contribution in [2.24, 2.45) is 7.05 Å². The number of nitrogens with one attached hydrogen (secondary N) is 1. The van der Waals surface area contributed by atoms with Crippen LogP contribution in [0.4, 0.5) is 19.0 Å². The Bertz CT molecular complexity index is 1240. The zero-order valence-corrected chi connectivity index (χ0v) is 17.1. The summed E-state index contributed by atoms with van der Waals surface area (Å²) in [6.45, 7) is 3.10. The summed E-state index contributed by atoms with van der Waals surface area (Å²) in [6.07, 6.45) is -3.44. The standard InChI is InChI=1S/C18H18F3N5O3S/c1-4-15(27)24-14-7-6-12(30(28,29)5-2)16(25-14)17-23-10-8-13(18(19,20)21)22-9-11(10)26(17)3/h6-9H,4-5H2,1-3H3,(H,24,25,27). The van der Waals surface area contributed by atoms with Gasteiger partial charge < -0.3 is 9.88 Å². The van der Waals surface area contributed by atoms with Crippen LogP contribution in [-0.4, -0.2) is 39.6 Å². The van der Waals surface area contributed by atoms with E-state index in [0.717, 1.165) is 12.3 Å². The van der Waals surface area contributed by atoms with Crippen molar-refractivity contribution in [1.29, 1.82) is 0 Å². The lowest BCUT2D eigenvalue weighted by atomic mass is 10.3. The van der Waals surface area contributed by atoms with Crippen molar-refractivity contribution >= 4 is 32.6 Å². The third kappa shape index (κ3) is 3.99. The molecular weight excluding hydrogens is 423 g/mol. The van der Waals surface area contributed by atoms with Crippen LogP contribution in [0.25, 0.3) is 22.6 Å². The first kappa shape index (κ1) is 21.7. The van der Waals surface area contributed by atoms with Crippen molar-refractivity contribution < 1.29 is 26.4 Å². The monoisotopic (exact) mass is 441 g/mol. The molecule has 3 aromatic rings. The fraction of sp³-hybridized carbons (Fsp3) is 0.333. The van der Waals surface area contributed by atoms with Gasteiger partial charge in [0, 0.05) is 13.5 Å². The summed E-state index contributed by atoms with van der Waals surface area (Å²) in [5.41, 5.74) is -0.932. The van der Waals surface area contributed by atoms with Crippen molar-refractivity contribution in [2.75, 3.05) is 11.1 Å². The Kier molecular flexibility index (Phi) is 5.54. The number of pyridine rings is 2. The lowest BCUT2D eigenvalue weighted by Crippen LogP contribution is -2.14. The number of sulfone groups is 1. The Labute approximate surface area is 170 Å². The molecule has 0 fully saturated rings. The molecule has 3 rings (SSSR count). The molecule has 0 aliphatic heterocycles. The molecule has 12 heteroatoms. The normalized spacial score (nSPS) is 12.3. The summed E-state index contributed by atoms with van der Waals surface area (Å²) < 4.78 is 65.5. The molecule has 3 heterocycles. The Morgan fingerprint density at radius 1 is 1.20 bits per heavy atom. The van der Waals surface area contributed by atoms with Crippen molar-refractivity contribution in [1.82, 2.24) is 19.5 Å². The molecule has 0 atom stereocenters. The number of aromatic nitrogens is 4. The number of rotatable bonds is 5. The minimum Gasteiger partial charge on any atom is -0.324 e. The van der Waals surface area contributed by atoms with Gasteiger partial charge in [-0.15, -0.1) is 0 Å². The van der Waals surface area contributed by atoms with Gasteiger partial charge in [-0.25, -0.2) is 23.4 Å². The van der Waals surface area contributed by atoms with Gasteiger partial charge in [0.15, 0.2) is 15.7 Å². The lowest BCUT2D eigenvalue weighted by Gasteiger charge is -2.11. The fourth-order valence-corrected chi connectivity index (χ4v) is 3.79. The van der Waals surface area contributed by atoms with Crippen LogP contribution in [-0.2, 0) is 27.9 Å². The van der Waals surface area contributed by atoms with Gasteiger partial charge in [0.1, 0.15) is 17.2 Å². The zero-order chi connectivity index (χ0) is 22.3. The second-order valence-electron chi connectivity index (χ2n) is 6.40. The molecule has 0 spiro atoms. The molecule has 1 N–H and O–H groups in total. The first-order chi connectivity index (χ1) is 14.0. The van der Waals surface area contributed by atoms with E-state index in [9.17, 15) is 26.4 Å². The maximum atomic E-state index is 13.0. The topological polar surface area (TPSA) is 107 Å². The first-order valence-electron chi connectivity index (χ1n) is 8.91. The summed E-state index contributed by atoms with van der Waals surface area (Å²) in [7, 11) is -2.22. The summed E-state index contributed by atoms with van der Waals surface area (Å²) in [5, 5.41) is 2.54. The molecule has 0 saturated heterocycles. The molecule has 0 bridgehead atoms. The number of anilines is 1. The van der Waals surface area contributed by atoms with Crippen LogP contribution < -0.4 is 5.32 Å². The number of nitrogens with zero attached hydrogens (tertiary/aromatic N) is 4. The number of amides is 1. The SMILES string of the molecule is CCC(=O)Nc1ccc(S(=O)(=O)CC)c(-c2nc3cc(C(F)(F)F)ncc3n2C)n1. The molecule has 3 aromatic heterocycles. The second-order valence-corrected chi connectivity index (χ2v) is 8.65. The molecule has 0 unspecified atom stereocenters. The highest BCUT2D eigenvalue weighted by molar-refractivity contribution is 7.91. The van der Waals surface area contributed by atoms with Gasteiger partial charge in [-0.2, -0.15) is 13.2 Å². The number of carbonyl (C=O) groups excluding carboxylic acids is 1. The molecule has 0 aliphatic carbocycles. The van der Waals surface area contributed by atoms with E-state index in [2.05, 4.69) is 20.3 Å². The van der Waals surface area contributed by atoms with Gasteiger partial charge in [-0.1, -0.05) is 13.8 Å². The Balaban J connectivity index is 2.26. The van der Waals surface area contributed by atoms with Crippen molar-refractivity contribution in [3.8, 4) is 11.5 Å². The molecule has 0 aromatic carbocycles. The highest BCUT2D eigenvalue weighted by Crippen LogP contribution is 2.32. The third-order valence-electron chi connectivity index (χ3n) is 4.43. The predicted molar refractivity (Wildman–Crippen MR) is 103 cm³/mol. The Morgan fingerprint density at radius 3 is 2.50 bits per heavy atom. The van der Waals surface area contributed by atoms with Gasteiger partial charge in [-0.05, 0) is 18.2 Å². The molecule has 1 amide bonds. The van der Waals surface area contributed by atoms with E-state index in [-0.39, 0.29) is 51.3 Å². The Morgan fingerprint density at radius 2 is 1.90 bits per heavy atom. The lowest BCUT2D eigenvalue weighted by molar-refractivity contribution is -0.141. The highest BCUT2D eigenvalue weighted by Gasteiger charge is 2.33. The van der Waals surface area contributed by atoms with Gasteiger partial charge in [0.25, 0.3) is 0 Å². The number of hydrogen-bond donors (Lipinski definition) is 1. The van der Waals surface area contributed by atoms with Crippen molar-refractivity contribution in [2.45, 2.75) is 31.3 Å². The van der Waals surface area contributed by atoms with Gasteiger partial charge in [0.2, 0.25) is 5.91 Å². The number of carbonyl (C=O) groups is 1. The van der Waals surface area contributed by atoms with Crippen LogP contribution in [0.5, 0.6) is 0 Å². The van der Waals surface area contributed by atoms with Crippen LogP contribution in [0.1, 0.15) is 26.0 Å². The number of imidazole rings is 1. The molecule has 0 saturated carbocycles. The average molecular weight is 441 g/mol. The van der Waals surface area contributed by atoms with Crippen LogP contribution in [0, 0.1) is 0 Å². The maximum absolute atomic E-state index is 13.0. The molecule has 8 nitrogen and oxygen atoms in total. The molecule has 0 radical (unpaired) electrons. The van der Waals surface area contributed by atoms with E-state index in [1.54, 1.807) is 6.92 Å². The minimum absolute atomic E-state index is 0.0144. The number of halogens is 3. The van der Waals surface area contributed by atoms with E-state index in [0.29, 0.717) is 0 Å². The van der Waals surface area contributed by atoms with Gasteiger partial charge in [0.05, 0.1) is 27.9 Å². The smallest absolute Gasteiger partial charge is 0.324 e. The third-order valence-corrected chi connectivity index (χ3v) is 6.19. The van der Waals surface area contributed by atoms with Gasteiger partial charge >= 0.3 is 6.18 Å². The van der Waals surface area contributed by atoms with Crippen LogP contribution in [0.15, 0.2) is 29.3 Å². The van der Waals surface area contributed by atoms with Crippen molar-refractivity contribution in [3.05, 3.63) is 30.1 Å². The molecular formula is C18H18F3N5O3S. The van der Waals surface area contributed by atoms with Gasteiger partial charge in [-0.3, -0.25) is 4.79 Å². The summed E-state index contributed by atoms with van der Waals surface area (Å²) in [4.78, 5) is 23.4. The van der Waals surface area contributed by atoms with E-state index in [1.807, 2.05) is 0 Å². The maximum Gasteiger partial charge on any atom is 0.433 e. The van der Waals surface area contributed by atoms with Crippen LogP contribution in [0.2, 0.25) is 0 Å². The largest absolute Gasteiger partial charge is 0.433 e. The molecule has 0 aliphatic rings. The summed E-state index contributed by atoms with van der Waals surface area (Å²) in [6, 6.07) is 3.44. The fourth-order valence-electron chi connectivity index (χ4n) is 2.77. The number of alkyl halides is 3. The van der Waals surface area contributed by atoms with Crippen LogP contribution in [0.3, 0.4) is 0 Å². The minimum atomic E-state index is -4.65.